The highest BCUT2D eigenvalue weighted by molar-refractivity contribution is 5.98. The molecule has 30 heavy (non-hydrogen) atoms. The fourth-order valence-corrected chi connectivity index (χ4v) is 5.79. The minimum absolute atomic E-state index is 0.0479. The van der Waals surface area contributed by atoms with E-state index in [1.165, 1.54) is 6.08 Å². The molecule has 0 amide bonds. The second-order valence-electron chi connectivity index (χ2n) is 9.34. The van der Waals surface area contributed by atoms with Gasteiger partial charge in [-0.1, -0.05) is 19.9 Å². The Kier molecular flexibility index (Phi) is 5.57. The van der Waals surface area contributed by atoms with Crippen molar-refractivity contribution in [2.45, 2.75) is 70.1 Å². The van der Waals surface area contributed by atoms with E-state index in [2.05, 4.69) is 0 Å². The van der Waals surface area contributed by atoms with Crippen LogP contribution < -0.4 is 0 Å². The summed E-state index contributed by atoms with van der Waals surface area (Å²) in [5.41, 5.74) is -1.01. The van der Waals surface area contributed by atoms with Gasteiger partial charge in [0, 0.05) is 5.92 Å². The van der Waals surface area contributed by atoms with Crippen molar-refractivity contribution in [2.24, 2.45) is 29.1 Å². The maximum absolute atomic E-state index is 13.1. The van der Waals surface area contributed by atoms with Gasteiger partial charge in [-0.3, -0.25) is 9.59 Å². The average molecular weight is 426 g/mol. The van der Waals surface area contributed by atoms with Crippen LogP contribution in [0.1, 0.15) is 27.2 Å². The lowest BCUT2D eigenvalue weighted by Gasteiger charge is -2.46. The van der Waals surface area contributed by atoms with Crippen molar-refractivity contribution in [3.05, 3.63) is 12.2 Å². The Balaban J connectivity index is 1.72. The van der Waals surface area contributed by atoms with Crippen LogP contribution in [0.3, 0.4) is 0 Å². The second kappa shape index (κ2) is 7.65. The number of ether oxygens (including phenoxy) is 3. The number of fused-ring (bicyclic) bond motifs is 2. The highest BCUT2D eigenvalue weighted by Gasteiger charge is 2.63. The number of carbonyl (C=O) groups is 2. The smallest absolute Gasteiger partial charge is 0.309 e. The Hall–Kier alpha value is -1.36. The Bertz CT molecular complexity index is 736. The first-order chi connectivity index (χ1) is 14.1. The van der Waals surface area contributed by atoms with Gasteiger partial charge in [-0.25, -0.2) is 0 Å². The fraction of sp³-hybridized carbons (Fsp3) is 0.810. The lowest BCUT2D eigenvalue weighted by Crippen LogP contribution is -2.61. The first-order valence-electron chi connectivity index (χ1n) is 10.5. The minimum Gasteiger partial charge on any atom is -0.462 e. The Morgan fingerprint density at radius 3 is 2.53 bits per heavy atom. The molecule has 2 aliphatic carbocycles. The molecule has 3 fully saturated rings. The van der Waals surface area contributed by atoms with Crippen LogP contribution in [0.5, 0.6) is 0 Å². The van der Waals surface area contributed by atoms with E-state index in [1.807, 2.05) is 13.0 Å². The Labute approximate surface area is 174 Å². The quantitative estimate of drug-likeness (QED) is 0.424. The molecular formula is C21H30O9. The molecule has 0 aromatic carbocycles. The molecule has 2 saturated heterocycles. The van der Waals surface area contributed by atoms with Crippen LogP contribution in [0, 0.1) is 29.1 Å². The molecule has 0 bridgehead atoms. The molecule has 1 saturated carbocycles. The third kappa shape index (κ3) is 3.06. The van der Waals surface area contributed by atoms with E-state index in [0.717, 1.165) is 0 Å². The van der Waals surface area contributed by atoms with Crippen LogP contribution in [0.25, 0.3) is 0 Å². The molecule has 0 unspecified atom stereocenters. The summed E-state index contributed by atoms with van der Waals surface area (Å²) in [6, 6.07) is 0. The van der Waals surface area contributed by atoms with Crippen LogP contribution in [0.2, 0.25) is 0 Å². The molecule has 168 valence electrons. The lowest BCUT2D eigenvalue weighted by atomic mass is 9.66. The summed E-state index contributed by atoms with van der Waals surface area (Å²) < 4.78 is 17.4. The molecule has 0 spiro atoms. The van der Waals surface area contributed by atoms with Gasteiger partial charge in [-0.05, 0) is 31.3 Å². The number of hydrogen-bond acceptors (Lipinski definition) is 9. The summed E-state index contributed by atoms with van der Waals surface area (Å²) >= 11 is 0. The highest BCUT2D eigenvalue weighted by atomic mass is 16.7. The van der Waals surface area contributed by atoms with Gasteiger partial charge in [0.2, 0.25) is 0 Å². The van der Waals surface area contributed by atoms with Gasteiger partial charge in [0.05, 0.1) is 24.0 Å². The van der Waals surface area contributed by atoms with E-state index < -0.39 is 66.8 Å². The monoisotopic (exact) mass is 426 g/mol. The van der Waals surface area contributed by atoms with Gasteiger partial charge in [0.15, 0.2) is 12.1 Å². The van der Waals surface area contributed by atoms with E-state index in [4.69, 9.17) is 14.2 Å². The van der Waals surface area contributed by atoms with Gasteiger partial charge < -0.3 is 34.6 Å². The van der Waals surface area contributed by atoms with E-state index in [0.29, 0.717) is 6.42 Å². The van der Waals surface area contributed by atoms with Crippen LogP contribution in [0.15, 0.2) is 12.2 Å². The molecule has 4 aliphatic rings. The molecule has 4 N–H and O–H groups in total. The molecule has 2 heterocycles. The maximum atomic E-state index is 13.1. The van der Waals surface area contributed by atoms with Gasteiger partial charge in [-0.15, -0.1) is 0 Å². The van der Waals surface area contributed by atoms with Crippen molar-refractivity contribution < 1.29 is 44.2 Å². The van der Waals surface area contributed by atoms with Crippen LogP contribution in [-0.4, -0.2) is 81.7 Å². The zero-order valence-electron chi connectivity index (χ0n) is 17.2. The predicted molar refractivity (Wildman–Crippen MR) is 101 cm³/mol. The third-order valence-corrected chi connectivity index (χ3v) is 7.61. The molecule has 9 heteroatoms. The molecule has 0 aromatic heterocycles. The van der Waals surface area contributed by atoms with Crippen LogP contribution in [-0.2, 0) is 23.8 Å². The number of carbonyl (C=O) groups excluding carboxylic acids is 2. The van der Waals surface area contributed by atoms with Gasteiger partial charge in [-0.2, -0.15) is 0 Å². The summed E-state index contributed by atoms with van der Waals surface area (Å²) in [5, 5.41) is 40.2. The van der Waals surface area contributed by atoms with E-state index in [9.17, 15) is 30.0 Å². The first kappa shape index (κ1) is 21.9. The number of hydrogen-bond donors (Lipinski definition) is 4. The highest BCUT2D eigenvalue weighted by Crippen LogP contribution is 2.55. The van der Waals surface area contributed by atoms with E-state index in [-0.39, 0.29) is 23.6 Å². The maximum Gasteiger partial charge on any atom is 0.309 e. The third-order valence-electron chi connectivity index (χ3n) is 7.61. The number of allylic oxidation sites excluding steroid dienone is 2. The second-order valence-corrected chi connectivity index (χ2v) is 9.34. The van der Waals surface area contributed by atoms with Crippen molar-refractivity contribution in [1.29, 1.82) is 0 Å². The van der Waals surface area contributed by atoms with Gasteiger partial charge >= 0.3 is 5.97 Å². The number of esters is 1. The topological polar surface area (TPSA) is 143 Å². The Morgan fingerprint density at radius 2 is 1.87 bits per heavy atom. The van der Waals surface area contributed by atoms with E-state index in [1.54, 1.807) is 13.8 Å². The van der Waals surface area contributed by atoms with E-state index >= 15 is 0 Å². The van der Waals surface area contributed by atoms with Gasteiger partial charge in [0.1, 0.15) is 30.5 Å². The summed E-state index contributed by atoms with van der Waals surface area (Å²) in [6.45, 7) is 4.95. The van der Waals surface area contributed by atoms with Crippen molar-refractivity contribution >= 4 is 11.8 Å². The molecule has 4 rings (SSSR count). The number of aliphatic hydroxyl groups is 4. The lowest BCUT2D eigenvalue weighted by molar-refractivity contribution is -0.324. The number of ketones is 1. The predicted octanol–water partition coefficient (Wildman–Crippen LogP) is -0.850. The van der Waals surface area contributed by atoms with Crippen LogP contribution in [0.4, 0.5) is 0 Å². The normalized spacial score (nSPS) is 53.2. The zero-order chi connectivity index (χ0) is 22.0. The SMILES string of the molecule is C[C@@H]1C[C@H]2OC(=O)[C@H](C)[C@H]2[C@H](O[C@@H]2O[C@H](CO)[C@@H](O)[C@H](O)[C@H]2O)[C@]2(C)C(=O)C=C[C@@H]12. The molecule has 0 aromatic rings. The fourth-order valence-electron chi connectivity index (χ4n) is 5.79. The number of rotatable bonds is 3. The molecule has 0 radical (unpaired) electrons. The van der Waals surface area contributed by atoms with Crippen molar-refractivity contribution in [2.75, 3.05) is 6.61 Å². The summed E-state index contributed by atoms with van der Waals surface area (Å²) in [4.78, 5) is 25.4. The van der Waals surface area contributed by atoms with Crippen molar-refractivity contribution in [3.63, 3.8) is 0 Å². The zero-order valence-corrected chi connectivity index (χ0v) is 17.2. The van der Waals surface area contributed by atoms with Gasteiger partial charge in [0.25, 0.3) is 0 Å². The average Bonchev–Trinajstić information content (AvgIpc) is 3.13. The Morgan fingerprint density at radius 1 is 1.17 bits per heavy atom. The molecule has 2 aliphatic heterocycles. The van der Waals surface area contributed by atoms with Crippen LogP contribution >= 0.6 is 0 Å². The summed E-state index contributed by atoms with van der Waals surface area (Å²) in [5.74, 6) is -1.59. The summed E-state index contributed by atoms with van der Waals surface area (Å²) in [6.07, 6.45) is -4.54. The van der Waals surface area contributed by atoms with Crippen molar-refractivity contribution in [1.82, 2.24) is 0 Å². The largest absolute Gasteiger partial charge is 0.462 e. The molecule has 12 atom stereocenters. The van der Waals surface area contributed by atoms with Crippen molar-refractivity contribution in [3.8, 4) is 0 Å². The minimum atomic E-state index is -1.60. The molecule has 9 nitrogen and oxygen atoms in total. The summed E-state index contributed by atoms with van der Waals surface area (Å²) in [7, 11) is 0. The number of aliphatic hydroxyl groups excluding tert-OH is 4. The first-order valence-corrected chi connectivity index (χ1v) is 10.5. The standard InChI is InChI=1S/C21H30O9/c1-8-6-11-14(9(2)19(27)28-11)18(21(3)10(8)4-5-13(21)23)30-20-17(26)16(25)15(24)12(7-22)29-20/h4-5,8-12,14-18,20,22,24-26H,6-7H2,1-3H3/t8-,9-,10+,11-,12-,14-,15-,16+,17-,18+,20+,21+/m1/s1. The molecular weight excluding hydrogens is 396 g/mol.